The molecule has 0 amide bonds. The summed E-state index contributed by atoms with van der Waals surface area (Å²) in [5, 5.41) is 0. The van der Waals surface area contributed by atoms with Gasteiger partial charge in [0.05, 0.1) is 16.9 Å². The van der Waals surface area contributed by atoms with Crippen LogP contribution in [0.1, 0.15) is 16.5 Å². The number of rotatable bonds is 3. The molecule has 0 bridgehead atoms. The second kappa shape index (κ2) is 5.84. The van der Waals surface area contributed by atoms with Gasteiger partial charge in [-0.25, -0.2) is 0 Å². The van der Waals surface area contributed by atoms with Gasteiger partial charge in [-0.05, 0) is 29.3 Å². The molecule has 0 aliphatic carbocycles. The summed E-state index contributed by atoms with van der Waals surface area (Å²) in [5.74, 6) is 0. The van der Waals surface area contributed by atoms with Crippen LogP contribution >= 0.6 is 22.9 Å². The summed E-state index contributed by atoms with van der Waals surface area (Å²) in [6.07, 6.45) is 0.965. The van der Waals surface area contributed by atoms with Gasteiger partial charge in [-0.15, -0.1) is 11.3 Å². The van der Waals surface area contributed by atoms with Crippen LogP contribution in [0.25, 0.3) is 11.1 Å². The van der Waals surface area contributed by atoms with E-state index in [0.717, 1.165) is 21.2 Å². The molecule has 114 valence electrons. The molecule has 3 aromatic rings. The molecule has 2 nitrogen and oxygen atoms in total. The Balaban J connectivity index is 1.98. The molecule has 4 heteroatoms. The van der Waals surface area contributed by atoms with Crippen molar-refractivity contribution >= 4 is 34.9 Å². The molecule has 0 saturated carbocycles. The van der Waals surface area contributed by atoms with Crippen molar-refractivity contribution in [2.75, 3.05) is 11.4 Å². The predicted molar refractivity (Wildman–Crippen MR) is 96.5 cm³/mol. The molecule has 2 heterocycles. The van der Waals surface area contributed by atoms with Crippen LogP contribution in [0.5, 0.6) is 0 Å². The van der Waals surface area contributed by atoms with Crippen LogP contribution in [0, 0.1) is 0 Å². The van der Waals surface area contributed by atoms with Gasteiger partial charge in [0.25, 0.3) is 0 Å². The smallest absolute Gasteiger partial charge is 0.139 e. The summed E-state index contributed by atoms with van der Waals surface area (Å²) in [5.41, 5.74) is 4.70. The van der Waals surface area contributed by atoms with Crippen LogP contribution in [-0.2, 0) is 4.79 Å². The van der Waals surface area contributed by atoms with Crippen LogP contribution in [0.2, 0.25) is 4.34 Å². The van der Waals surface area contributed by atoms with E-state index in [9.17, 15) is 4.79 Å². The second-order valence-electron chi connectivity index (χ2n) is 5.47. The Kier molecular flexibility index (Phi) is 3.68. The van der Waals surface area contributed by atoms with E-state index in [0.29, 0.717) is 6.54 Å². The maximum Gasteiger partial charge on any atom is 0.139 e. The van der Waals surface area contributed by atoms with E-state index in [2.05, 4.69) is 41.3 Å². The van der Waals surface area contributed by atoms with Crippen LogP contribution in [-0.4, -0.2) is 12.8 Å². The average molecular weight is 340 g/mol. The molecule has 1 aliphatic heterocycles. The number of fused-ring (bicyclic) bond motifs is 3. The van der Waals surface area contributed by atoms with E-state index >= 15 is 0 Å². The van der Waals surface area contributed by atoms with Gasteiger partial charge in [-0.3, -0.25) is 0 Å². The first-order chi connectivity index (χ1) is 11.3. The van der Waals surface area contributed by atoms with Crippen molar-refractivity contribution < 1.29 is 4.79 Å². The highest BCUT2D eigenvalue weighted by Crippen LogP contribution is 2.48. The molecular formula is C19H14ClNOS. The van der Waals surface area contributed by atoms with E-state index in [1.54, 1.807) is 11.3 Å². The molecule has 1 aliphatic rings. The monoisotopic (exact) mass is 339 g/mol. The molecule has 4 rings (SSSR count). The fourth-order valence-electron chi connectivity index (χ4n) is 3.31. The number of hydrogen-bond acceptors (Lipinski definition) is 3. The zero-order valence-corrected chi connectivity index (χ0v) is 13.8. The Morgan fingerprint density at radius 2 is 1.74 bits per heavy atom. The molecule has 1 unspecified atom stereocenters. The van der Waals surface area contributed by atoms with E-state index in [1.165, 1.54) is 16.7 Å². The summed E-state index contributed by atoms with van der Waals surface area (Å²) in [6, 6.07) is 20.6. The van der Waals surface area contributed by atoms with Crippen LogP contribution in [0.15, 0.2) is 60.7 Å². The number of anilines is 1. The van der Waals surface area contributed by atoms with Gasteiger partial charge in [0.15, 0.2) is 0 Å². The number of thiophene rings is 1. The minimum absolute atomic E-state index is 0.0174. The molecule has 0 fully saturated rings. The summed E-state index contributed by atoms with van der Waals surface area (Å²) in [7, 11) is 0. The quantitative estimate of drug-likeness (QED) is 0.613. The number of para-hydroxylation sites is 1. The lowest BCUT2D eigenvalue weighted by Crippen LogP contribution is -2.34. The van der Waals surface area contributed by atoms with Crippen molar-refractivity contribution in [3.05, 3.63) is 75.4 Å². The Hall–Kier alpha value is -2.10. The van der Waals surface area contributed by atoms with E-state index in [4.69, 9.17) is 11.6 Å². The molecular weight excluding hydrogens is 326 g/mol. The molecule has 0 spiro atoms. The number of carbonyl (C=O) groups is 1. The lowest BCUT2D eigenvalue weighted by molar-refractivity contribution is -0.106. The number of hydrogen-bond donors (Lipinski definition) is 0. The highest BCUT2D eigenvalue weighted by molar-refractivity contribution is 7.16. The van der Waals surface area contributed by atoms with Gasteiger partial charge >= 0.3 is 0 Å². The van der Waals surface area contributed by atoms with Crippen molar-refractivity contribution in [1.82, 2.24) is 0 Å². The zero-order valence-electron chi connectivity index (χ0n) is 12.3. The fourth-order valence-corrected chi connectivity index (χ4v) is 4.50. The van der Waals surface area contributed by atoms with Gasteiger partial charge in [-0.1, -0.05) is 54.1 Å². The van der Waals surface area contributed by atoms with Crippen molar-refractivity contribution in [2.45, 2.75) is 6.04 Å². The lowest BCUT2D eigenvalue weighted by atomic mass is 9.87. The lowest BCUT2D eigenvalue weighted by Gasteiger charge is -2.38. The van der Waals surface area contributed by atoms with Crippen molar-refractivity contribution in [3.8, 4) is 11.1 Å². The number of benzene rings is 2. The Labute approximate surface area is 143 Å². The first kappa shape index (κ1) is 14.5. The SMILES string of the molecule is O=CCN1c2ccccc2-c2ccccc2C1c1ccc(Cl)s1. The number of halogens is 1. The number of nitrogens with zero attached hydrogens (tertiary/aromatic N) is 1. The predicted octanol–water partition coefficient (Wildman–Crippen LogP) is 5.18. The maximum absolute atomic E-state index is 11.3. The first-order valence-corrected chi connectivity index (χ1v) is 8.63. The van der Waals surface area contributed by atoms with Crippen molar-refractivity contribution in [2.24, 2.45) is 0 Å². The summed E-state index contributed by atoms with van der Waals surface area (Å²) in [6.45, 7) is 0.353. The molecule has 2 aromatic carbocycles. The maximum atomic E-state index is 11.3. The summed E-state index contributed by atoms with van der Waals surface area (Å²) in [4.78, 5) is 14.6. The van der Waals surface area contributed by atoms with Gasteiger partial charge in [0.1, 0.15) is 6.29 Å². The largest absolute Gasteiger partial charge is 0.352 e. The van der Waals surface area contributed by atoms with Crippen molar-refractivity contribution in [3.63, 3.8) is 0 Å². The van der Waals surface area contributed by atoms with Crippen LogP contribution in [0.3, 0.4) is 0 Å². The fraction of sp³-hybridized carbons (Fsp3) is 0.105. The highest BCUT2D eigenvalue weighted by Gasteiger charge is 2.32. The average Bonchev–Trinajstić information content (AvgIpc) is 3.01. The molecule has 1 atom stereocenters. The first-order valence-electron chi connectivity index (χ1n) is 7.43. The standard InChI is InChI=1S/C19H14ClNOS/c20-18-10-9-17(23-18)19-15-7-2-1-5-13(15)14-6-3-4-8-16(14)21(19)11-12-22/h1-10,12,19H,11H2. The Bertz CT molecular complexity index is 873. The normalized spacial score (nSPS) is 15.9. The van der Waals surface area contributed by atoms with Gasteiger partial charge in [-0.2, -0.15) is 0 Å². The van der Waals surface area contributed by atoms with Gasteiger partial charge in [0.2, 0.25) is 0 Å². The molecule has 0 N–H and O–H groups in total. The topological polar surface area (TPSA) is 20.3 Å². The Morgan fingerprint density at radius 1 is 1.00 bits per heavy atom. The minimum Gasteiger partial charge on any atom is -0.352 e. The molecule has 0 radical (unpaired) electrons. The number of aldehydes is 1. The summed E-state index contributed by atoms with van der Waals surface area (Å²) >= 11 is 7.73. The van der Waals surface area contributed by atoms with E-state index < -0.39 is 0 Å². The number of carbonyl (C=O) groups excluding carboxylic acids is 1. The molecule has 1 aromatic heterocycles. The van der Waals surface area contributed by atoms with E-state index in [-0.39, 0.29) is 6.04 Å². The van der Waals surface area contributed by atoms with Crippen LogP contribution in [0.4, 0.5) is 5.69 Å². The molecule has 23 heavy (non-hydrogen) atoms. The molecule has 0 saturated heterocycles. The summed E-state index contributed by atoms with van der Waals surface area (Å²) < 4.78 is 0.766. The highest BCUT2D eigenvalue weighted by atomic mass is 35.5. The third-order valence-corrected chi connectivity index (χ3v) is 5.49. The third-order valence-electron chi connectivity index (χ3n) is 4.21. The second-order valence-corrected chi connectivity index (χ2v) is 7.21. The van der Waals surface area contributed by atoms with Gasteiger partial charge in [0, 0.05) is 16.1 Å². The zero-order chi connectivity index (χ0) is 15.8. The van der Waals surface area contributed by atoms with Crippen LogP contribution < -0.4 is 4.90 Å². The minimum atomic E-state index is 0.0174. The van der Waals surface area contributed by atoms with Crippen molar-refractivity contribution in [1.29, 1.82) is 0 Å². The van der Waals surface area contributed by atoms with E-state index in [1.807, 2.05) is 24.3 Å². The van der Waals surface area contributed by atoms with Gasteiger partial charge < -0.3 is 9.69 Å². The Morgan fingerprint density at radius 3 is 2.48 bits per heavy atom. The third kappa shape index (κ3) is 2.37.